The van der Waals surface area contributed by atoms with Crippen LogP contribution in [-0.2, 0) is 17.9 Å². The van der Waals surface area contributed by atoms with Crippen LogP contribution in [0.5, 0.6) is 5.75 Å². The van der Waals surface area contributed by atoms with Crippen LogP contribution in [-0.4, -0.2) is 54.0 Å². The molecule has 1 amide bonds. The Balaban J connectivity index is 1.37. The molecule has 1 saturated heterocycles. The van der Waals surface area contributed by atoms with Gasteiger partial charge in [-0.3, -0.25) is 9.48 Å². The Hall–Kier alpha value is -2.91. The summed E-state index contributed by atoms with van der Waals surface area (Å²) >= 11 is 3.42. The first-order chi connectivity index (χ1) is 20.1. The van der Waals surface area contributed by atoms with Crippen molar-refractivity contribution in [2.75, 3.05) is 13.1 Å². The molecule has 9 heteroatoms. The summed E-state index contributed by atoms with van der Waals surface area (Å²) in [6.07, 6.45) is 3.50. The Bertz CT molecular complexity index is 1630. The summed E-state index contributed by atoms with van der Waals surface area (Å²) in [7, 11) is 1.90. The zero-order valence-electron chi connectivity index (χ0n) is 27.2. The molecule has 4 heterocycles. The summed E-state index contributed by atoms with van der Waals surface area (Å²) in [5.74, 6) is 0.751. The van der Waals surface area contributed by atoms with Crippen molar-refractivity contribution in [3.8, 4) is 17.0 Å². The monoisotopic (exact) mass is 619 g/mol. The predicted molar refractivity (Wildman–Crippen MR) is 179 cm³/mol. The Labute approximate surface area is 264 Å². The molecular weight excluding hydrogens is 575 g/mol. The van der Waals surface area contributed by atoms with Gasteiger partial charge in [0.1, 0.15) is 5.75 Å². The molecule has 4 aromatic rings. The molecule has 5 rings (SSSR count). The van der Waals surface area contributed by atoms with Crippen molar-refractivity contribution in [2.24, 2.45) is 7.05 Å². The van der Waals surface area contributed by atoms with Gasteiger partial charge >= 0.3 is 0 Å². The van der Waals surface area contributed by atoms with Crippen LogP contribution in [0.25, 0.3) is 22.3 Å². The molecule has 0 bridgehead atoms. The zero-order valence-corrected chi connectivity index (χ0v) is 28.8. The summed E-state index contributed by atoms with van der Waals surface area (Å²) in [6.45, 7) is 20.5. The quantitative estimate of drug-likeness (QED) is 0.227. The fourth-order valence-electron chi connectivity index (χ4n) is 5.92. The van der Waals surface area contributed by atoms with Crippen LogP contribution in [0.1, 0.15) is 106 Å². The lowest BCUT2D eigenvalue weighted by molar-refractivity contribution is 0.0709. The van der Waals surface area contributed by atoms with Crippen molar-refractivity contribution in [2.45, 2.75) is 102 Å². The Morgan fingerprint density at radius 1 is 1.07 bits per heavy atom. The molecule has 1 N–H and O–H groups in total. The van der Waals surface area contributed by atoms with Crippen LogP contribution >= 0.6 is 23.1 Å². The average Bonchev–Trinajstić information content (AvgIpc) is 3.52. The number of phenols is 1. The molecule has 0 radical (unpaired) electrons. The molecule has 1 aliphatic heterocycles. The van der Waals surface area contributed by atoms with Crippen molar-refractivity contribution in [3.05, 3.63) is 51.1 Å². The van der Waals surface area contributed by atoms with Crippen LogP contribution in [0, 0.1) is 6.92 Å². The number of benzene rings is 1. The highest BCUT2D eigenvalue weighted by atomic mass is 32.2. The fourth-order valence-corrected chi connectivity index (χ4v) is 8.02. The van der Waals surface area contributed by atoms with E-state index >= 15 is 0 Å². The first-order valence-electron chi connectivity index (χ1n) is 15.2. The van der Waals surface area contributed by atoms with Crippen LogP contribution in [0.4, 0.5) is 0 Å². The van der Waals surface area contributed by atoms with E-state index in [1.165, 1.54) is 0 Å². The second-order valence-electron chi connectivity index (χ2n) is 14.1. The lowest BCUT2D eigenvalue weighted by atomic mass is 9.78. The summed E-state index contributed by atoms with van der Waals surface area (Å²) in [6, 6.07) is 4.21. The highest BCUT2D eigenvalue weighted by molar-refractivity contribution is 8.00. The van der Waals surface area contributed by atoms with Gasteiger partial charge < -0.3 is 10.0 Å². The van der Waals surface area contributed by atoms with Gasteiger partial charge in [0.05, 0.1) is 27.3 Å². The van der Waals surface area contributed by atoms with Crippen molar-refractivity contribution >= 4 is 40.0 Å². The van der Waals surface area contributed by atoms with Crippen molar-refractivity contribution in [3.63, 3.8) is 0 Å². The number of likely N-dealkylation sites (tertiary alicyclic amines) is 1. The number of phenolic OH excluding ortho intramolecular Hbond substituents is 1. The normalized spacial score (nSPS) is 15.2. The number of thioether (sulfide) groups is 1. The maximum Gasteiger partial charge on any atom is 0.256 e. The summed E-state index contributed by atoms with van der Waals surface area (Å²) in [4.78, 5) is 26.6. The number of carbonyl (C=O) groups excluding carboxylic acids is 1. The highest BCUT2D eigenvalue weighted by Gasteiger charge is 2.31. The standard InChI is InChI=1S/C34H45N5O2S2/c1-19(2)43-29-23(17-35-30-27(29)20(3)37-38(30)10)32(41)39-13-11-21(12-14-39)31-36-26(18-42-31)22-15-24(33(4,5)6)28(40)25(16-22)34(7,8)9/h15-19,21,40H,11-14H2,1-10H3. The molecule has 0 saturated carbocycles. The molecule has 43 heavy (non-hydrogen) atoms. The first-order valence-corrected chi connectivity index (χ1v) is 16.9. The number of amides is 1. The number of carbonyl (C=O) groups is 1. The lowest BCUT2D eigenvalue weighted by Crippen LogP contribution is -2.38. The van der Waals surface area contributed by atoms with Gasteiger partial charge in [-0.2, -0.15) is 5.10 Å². The summed E-state index contributed by atoms with van der Waals surface area (Å²) in [5, 5.41) is 20.3. The Kier molecular flexibility index (Phi) is 8.46. The molecule has 7 nitrogen and oxygen atoms in total. The average molecular weight is 620 g/mol. The summed E-state index contributed by atoms with van der Waals surface area (Å²) < 4.78 is 1.79. The van der Waals surface area contributed by atoms with Gasteiger partial charge in [0.15, 0.2) is 5.65 Å². The van der Waals surface area contributed by atoms with E-state index in [1.807, 2.05) is 18.9 Å². The minimum atomic E-state index is -0.193. The van der Waals surface area contributed by atoms with Crippen LogP contribution < -0.4 is 0 Å². The summed E-state index contributed by atoms with van der Waals surface area (Å²) in [5.41, 5.74) is 5.90. The molecule has 0 spiro atoms. The van der Waals surface area contributed by atoms with Crippen LogP contribution in [0.2, 0.25) is 0 Å². The molecule has 0 unspecified atom stereocenters. The van der Waals surface area contributed by atoms with E-state index in [-0.39, 0.29) is 16.7 Å². The molecule has 1 fully saturated rings. The molecular formula is C34H45N5O2S2. The van der Waals surface area contributed by atoms with Gasteiger partial charge in [-0.15, -0.1) is 23.1 Å². The van der Waals surface area contributed by atoms with Crippen molar-refractivity contribution in [1.82, 2.24) is 24.6 Å². The number of fused-ring (bicyclic) bond motifs is 1. The van der Waals surface area contributed by atoms with Gasteiger partial charge in [0.25, 0.3) is 5.91 Å². The largest absolute Gasteiger partial charge is 0.507 e. The minimum Gasteiger partial charge on any atom is -0.507 e. The maximum atomic E-state index is 13.9. The molecule has 0 aliphatic carbocycles. The van der Waals surface area contributed by atoms with E-state index in [9.17, 15) is 9.90 Å². The van der Waals surface area contributed by atoms with E-state index in [1.54, 1.807) is 34.0 Å². The van der Waals surface area contributed by atoms with Crippen molar-refractivity contribution < 1.29 is 9.90 Å². The molecule has 230 valence electrons. The van der Waals surface area contributed by atoms with E-state index in [0.717, 1.165) is 61.9 Å². The number of pyridine rings is 1. The van der Waals surface area contributed by atoms with Gasteiger partial charge in [-0.05, 0) is 42.7 Å². The zero-order chi connectivity index (χ0) is 31.4. The fraction of sp³-hybridized carbons (Fsp3) is 0.529. The molecule has 3 aromatic heterocycles. The number of piperidine rings is 1. The Morgan fingerprint density at radius 2 is 1.67 bits per heavy atom. The molecule has 1 aromatic carbocycles. The van der Waals surface area contributed by atoms with E-state index in [2.05, 4.69) is 83.0 Å². The SMILES string of the molecule is Cc1nn(C)c2ncc(C(=O)N3CCC(c4nc(-c5cc(C(C)(C)C)c(O)c(C(C)(C)C)c5)cs4)CC3)c(SC(C)C)c12. The number of thiazole rings is 1. The predicted octanol–water partition coefficient (Wildman–Crippen LogP) is 8.22. The van der Waals surface area contributed by atoms with Gasteiger partial charge in [-0.1, -0.05) is 55.4 Å². The topological polar surface area (TPSA) is 84.1 Å². The second kappa shape index (κ2) is 11.5. The van der Waals surface area contributed by atoms with Crippen LogP contribution in [0.3, 0.4) is 0 Å². The Morgan fingerprint density at radius 3 is 2.23 bits per heavy atom. The number of hydrogen-bond donors (Lipinski definition) is 1. The molecule has 1 aliphatic rings. The number of nitrogens with zero attached hydrogens (tertiary/aromatic N) is 5. The van der Waals surface area contributed by atoms with E-state index in [4.69, 9.17) is 4.98 Å². The third kappa shape index (κ3) is 6.21. The minimum absolute atomic E-state index is 0.0487. The van der Waals surface area contributed by atoms with Gasteiger partial charge in [-0.25, -0.2) is 9.97 Å². The third-order valence-corrected chi connectivity index (χ3v) is 10.4. The maximum absolute atomic E-state index is 13.9. The van der Waals surface area contributed by atoms with E-state index < -0.39 is 0 Å². The van der Waals surface area contributed by atoms with E-state index in [0.29, 0.717) is 35.6 Å². The lowest BCUT2D eigenvalue weighted by Gasteiger charge is -2.31. The molecule has 0 atom stereocenters. The number of rotatable bonds is 5. The first kappa shape index (κ1) is 31.5. The van der Waals surface area contributed by atoms with Gasteiger partial charge in [0.2, 0.25) is 0 Å². The second-order valence-corrected chi connectivity index (χ2v) is 16.6. The van der Waals surface area contributed by atoms with Crippen LogP contribution in [0.15, 0.2) is 28.6 Å². The third-order valence-electron chi connectivity index (χ3n) is 8.24. The number of aromatic nitrogens is 4. The van der Waals surface area contributed by atoms with Gasteiger partial charge in [0, 0.05) is 64.5 Å². The van der Waals surface area contributed by atoms with Crippen molar-refractivity contribution in [1.29, 1.82) is 0 Å². The number of aromatic hydroxyl groups is 1. The highest BCUT2D eigenvalue weighted by Crippen LogP contribution is 2.43. The number of hydrogen-bond acceptors (Lipinski definition) is 7. The smallest absolute Gasteiger partial charge is 0.256 e. The number of aryl methyl sites for hydroxylation is 2.